The Morgan fingerprint density at radius 2 is 2.06 bits per heavy atom. The first-order chi connectivity index (χ1) is 7.63. The zero-order valence-corrected chi connectivity index (χ0v) is 10.3. The van der Waals surface area contributed by atoms with Crippen LogP contribution in [0.15, 0.2) is 30.3 Å². The lowest BCUT2D eigenvalue weighted by molar-refractivity contribution is 0.934. The molecule has 2 rings (SSSR count). The molecule has 2 nitrogen and oxygen atoms in total. The summed E-state index contributed by atoms with van der Waals surface area (Å²) in [5.74, 6) is 0.926. The molecule has 0 aliphatic rings. The monoisotopic (exact) mass is 230 g/mol. The second kappa shape index (κ2) is 4.58. The van der Waals surface area contributed by atoms with Crippen molar-refractivity contribution in [1.29, 1.82) is 0 Å². The summed E-state index contributed by atoms with van der Waals surface area (Å²) in [5, 5.41) is 0. The Morgan fingerprint density at radius 1 is 1.25 bits per heavy atom. The Labute approximate surface area is 100 Å². The van der Waals surface area contributed by atoms with Gasteiger partial charge in [-0.2, -0.15) is 0 Å². The zero-order chi connectivity index (χ0) is 11.5. The molecule has 0 spiro atoms. The fraction of sp³-hybridized carbons (Fsp3) is 0.231. The van der Waals surface area contributed by atoms with Gasteiger partial charge in [-0.25, -0.2) is 4.98 Å². The van der Waals surface area contributed by atoms with Crippen molar-refractivity contribution in [2.24, 2.45) is 0 Å². The van der Waals surface area contributed by atoms with Crippen molar-refractivity contribution < 1.29 is 0 Å². The molecule has 0 unspecified atom stereocenters. The molecule has 1 heterocycles. The highest BCUT2D eigenvalue weighted by Gasteiger charge is 1.99. The fourth-order valence-corrected chi connectivity index (χ4v) is 2.03. The number of nitrogens with one attached hydrogen (secondary N) is 1. The summed E-state index contributed by atoms with van der Waals surface area (Å²) >= 11 is 5.10. The molecule has 3 heteroatoms. The summed E-state index contributed by atoms with van der Waals surface area (Å²) in [6.07, 6.45) is 0.799. The average Bonchev–Trinajstić information content (AvgIpc) is 2.15. The highest BCUT2D eigenvalue weighted by Crippen LogP contribution is 2.08. The van der Waals surface area contributed by atoms with E-state index in [9.17, 15) is 0 Å². The first-order valence-electron chi connectivity index (χ1n) is 5.26. The van der Waals surface area contributed by atoms with Crippen LogP contribution < -0.4 is 0 Å². The Hall–Kier alpha value is -1.48. The predicted octanol–water partition coefficient (Wildman–Crippen LogP) is 3.35. The maximum absolute atomic E-state index is 5.10. The van der Waals surface area contributed by atoms with Crippen molar-refractivity contribution in [1.82, 2.24) is 9.97 Å². The molecule has 2 aromatic rings. The van der Waals surface area contributed by atoms with Gasteiger partial charge in [-0.15, -0.1) is 0 Å². The third-order valence-corrected chi connectivity index (χ3v) is 2.59. The van der Waals surface area contributed by atoms with Gasteiger partial charge >= 0.3 is 0 Å². The smallest absolute Gasteiger partial charge is 0.129 e. The molecule has 0 fully saturated rings. The van der Waals surface area contributed by atoms with Crippen molar-refractivity contribution in [3.05, 3.63) is 57.6 Å². The second-order valence-electron chi connectivity index (χ2n) is 4.01. The molecule has 0 saturated heterocycles. The van der Waals surface area contributed by atoms with E-state index >= 15 is 0 Å². The number of rotatable bonds is 2. The molecule has 16 heavy (non-hydrogen) atoms. The Bertz CT molecular complexity index is 558. The van der Waals surface area contributed by atoms with Gasteiger partial charge in [-0.1, -0.05) is 42.0 Å². The van der Waals surface area contributed by atoms with Crippen LogP contribution in [-0.2, 0) is 6.42 Å². The Morgan fingerprint density at radius 3 is 2.75 bits per heavy atom. The van der Waals surface area contributed by atoms with Gasteiger partial charge in [0.15, 0.2) is 0 Å². The van der Waals surface area contributed by atoms with E-state index in [2.05, 4.69) is 41.2 Å². The van der Waals surface area contributed by atoms with E-state index in [0.29, 0.717) is 4.64 Å². The number of aromatic amines is 1. The Balaban J connectivity index is 2.30. The maximum atomic E-state index is 5.10. The number of hydrogen-bond donors (Lipinski definition) is 1. The highest BCUT2D eigenvalue weighted by molar-refractivity contribution is 7.71. The van der Waals surface area contributed by atoms with Gasteiger partial charge in [-0.3, -0.25) is 0 Å². The van der Waals surface area contributed by atoms with Crippen molar-refractivity contribution in [3.8, 4) is 0 Å². The van der Waals surface area contributed by atoms with Crippen LogP contribution in [0.4, 0.5) is 0 Å². The molecule has 0 bridgehead atoms. The van der Waals surface area contributed by atoms with E-state index < -0.39 is 0 Å². The molecule has 0 amide bonds. The highest BCUT2D eigenvalue weighted by atomic mass is 32.1. The first kappa shape index (κ1) is 11.0. The summed E-state index contributed by atoms with van der Waals surface area (Å²) in [7, 11) is 0. The van der Waals surface area contributed by atoms with Gasteiger partial charge in [0, 0.05) is 12.1 Å². The molecule has 1 aromatic carbocycles. The summed E-state index contributed by atoms with van der Waals surface area (Å²) in [4.78, 5) is 7.56. The molecule has 0 aliphatic heterocycles. The van der Waals surface area contributed by atoms with Crippen molar-refractivity contribution in [2.45, 2.75) is 20.3 Å². The lowest BCUT2D eigenvalue weighted by atomic mass is 10.1. The fourth-order valence-electron chi connectivity index (χ4n) is 1.74. The van der Waals surface area contributed by atoms with E-state index in [0.717, 1.165) is 17.9 Å². The first-order valence-corrected chi connectivity index (χ1v) is 5.67. The van der Waals surface area contributed by atoms with E-state index in [1.807, 2.05) is 13.0 Å². The summed E-state index contributed by atoms with van der Waals surface area (Å²) in [6, 6.07) is 10.3. The normalized spacial score (nSPS) is 10.4. The molecule has 0 radical (unpaired) electrons. The second-order valence-corrected chi connectivity index (χ2v) is 4.43. The summed E-state index contributed by atoms with van der Waals surface area (Å²) in [5.41, 5.74) is 3.58. The molecule has 0 atom stereocenters. The minimum Gasteiger partial charge on any atom is -0.347 e. The molecule has 0 saturated carbocycles. The van der Waals surface area contributed by atoms with Crippen LogP contribution in [0.3, 0.4) is 0 Å². The van der Waals surface area contributed by atoms with Crippen molar-refractivity contribution in [3.63, 3.8) is 0 Å². The SMILES string of the molecule is Cc1cccc(Cc2nc(=S)cc(C)[nH]2)c1. The third-order valence-electron chi connectivity index (χ3n) is 2.38. The third kappa shape index (κ3) is 2.76. The predicted molar refractivity (Wildman–Crippen MR) is 68.1 cm³/mol. The molecule has 82 valence electrons. The molecular weight excluding hydrogens is 216 g/mol. The van der Waals surface area contributed by atoms with Crippen LogP contribution in [0.5, 0.6) is 0 Å². The van der Waals surface area contributed by atoms with Gasteiger partial charge in [0.1, 0.15) is 10.5 Å². The lowest BCUT2D eigenvalue weighted by Crippen LogP contribution is -1.98. The summed E-state index contributed by atoms with van der Waals surface area (Å²) < 4.78 is 0.652. The van der Waals surface area contributed by atoms with Crippen LogP contribution in [-0.4, -0.2) is 9.97 Å². The largest absolute Gasteiger partial charge is 0.347 e. The standard InChI is InChI=1S/C13H14N2S/c1-9-4-3-5-11(6-9)8-12-14-10(2)7-13(16)15-12/h3-7H,8H2,1-2H3,(H,14,15,16). The minimum absolute atomic E-state index is 0.652. The summed E-state index contributed by atoms with van der Waals surface area (Å²) in [6.45, 7) is 4.09. The van der Waals surface area contributed by atoms with Crippen LogP contribution >= 0.6 is 12.2 Å². The van der Waals surface area contributed by atoms with Crippen LogP contribution in [0, 0.1) is 18.5 Å². The Kier molecular flexibility index (Phi) is 3.15. The van der Waals surface area contributed by atoms with Crippen LogP contribution in [0.25, 0.3) is 0 Å². The topological polar surface area (TPSA) is 28.7 Å². The van der Waals surface area contributed by atoms with Crippen LogP contribution in [0.2, 0.25) is 0 Å². The number of aromatic nitrogens is 2. The number of aryl methyl sites for hydroxylation is 2. The number of hydrogen-bond acceptors (Lipinski definition) is 2. The number of nitrogens with zero attached hydrogens (tertiary/aromatic N) is 1. The molecular formula is C13H14N2S. The van der Waals surface area contributed by atoms with Gasteiger partial charge in [0.2, 0.25) is 0 Å². The number of benzene rings is 1. The molecule has 0 aliphatic carbocycles. The molecule has 1 aromatic heterocycles. The van der Waals surface area contributed by atoms with Crippen molar-refractivity contribution >= 4 is 12.2 Å². The van der Waals surface area contributed by atoms with Gasteiger partial charge in [0.25, 0.3) is 0 Å². The quantitative estimate of drug-likeness (QED) is 0.801. The average molecular weight is 230 g/mol. The maximum Gasteiger partial charge on any atom is 0.129 e. The van der Waals surface area contributed by atoms with Crippen LogP contribution in [0.1, 0.15) is 22.6 Å². The van der Waals surface area contributed by atoms with E-state index in [-0.39, 0.29) is 0 Å². The zero-order valence-electron chi connectivity index (χ0n) is 9.45. The van der Waals surface area contributed by atoms with Crippen molar-refractivity contribution in [2.75, 3.05) is 0 Å². The molecule has 1 N–H and O–H groups in total. The van der Waals surface area contributed by atoms with Gasteiger partial charge < -0.3 is 4.98 Å². The van der Waals surface area contributed by atoms with E-state index in [4.69, 9.17) is 12.2 Å². The number of H-pyrrole nitrogens is 1. The van der Waals surface area contributed by atoms with Gasteiger partial charge in [0.05, 0.1) is 0 Å². The van der Waals surface area contributed by atoms with E-state index in [1.54, 1.807) is 0 Å². The minimum atomic E-state index is 0.652. The van der Waals surface area contributed by atoms with E-state index in [1.165, 1.54) is 11.1 Å². The van der Waals surface area contributed by atoms with Gasteiger partial charge in [-0.05, 0) is 25.5 Å². The lowest BCUT2D eigenvalue weighted by Gasteiger charge is -2.04.